The molecule has 0 spiro atoms. The molecule has 8 nitrogen and oxygen atoms in total. The van der Waals surface area contributed by atoms with Gasteiger partial charge in [-0.15, -0.1) is 0 Å². The number of rotatable bonds is 12. The van der Waals surface area contributed by atoms with Crippen LogP contribution in [0.15, 0.2) is 0 Å². The lowest BCUT2D eigenvalue weighted by Gasteiger charge is -2.38. The van der Waals surface area contributed by atoms with Crippen molar-refractivity contribution in [1.29, 1.82) is 0 Å². The average Bonchev–Trinajstić information content (AvgIpc) is 2.53. The zero-order valence-corrected chi connectivity index (χ0v) is 18.5. The Labute approximate surface area is 162 Å². The number of hydrogen-bond donors (Lipinski definition) is 1. The predicted octanol–water partition coefficient (Wildman–Crippen LogP) is 2.39. The number of carbonyl (C=O) groups excluding carboxylic acids is 3. The van der Waals surface area contributed by atoms with Gasteiger partial charge in [0.25, 0.3) is 0 Å². The van der Waals surface area contributed by atoms with Gasteiger partial charge in [-0.25, -0.2) is 0 Å². The highest BCUT2D eigenvalue weighted by Crippen LogP contribution is 2.43. The van der Waals surface area contributed by atoms with E-state index in [0.717, 1.165) is 0 Å². The maximum absolute atomic E-state index is 12.7. The summed E-state index contributed by atoms with van der Waals surface area (Å²) in [5.41, 5.74) is -1.69. The van der Waals surface area contributed by atoms with Gasteiger partial charge in [-0.2, -0.15) is 0 Å². The molecule has 0 radical (unpaired) electrons. The molecule has 158 valence electrons. The second-order valence-electron chi connectivity index (χ2n) is 7.57. The summed E-state index contributed by atoms with van der Waals surface area (Å²) < 4.78 is 20.3. The Morgan fingerprint density at radius 2 is 1.41 bits per heavy atom. The average molecular weight is 407 g/mol. The van der Waals surface area contributed by atoms with Crippen molar-refractivity contribution in [3.05, 3.63) is 0 Å². The van der Waals surface area contributed by atoms with Crippen LogP contribution in [0.5, 0.6) is 0 Å². The summed E-state index contributed by atoms with van der Waals surface area (Å²) in [5, 5.41) is -0.465. The van der Waals surface area contributed by atoms with Gasteiger partial charge >= 0.3 is 17.9 Å². The molecule has 0 aromatic carbocycles. The van der Waals surface area contributed by atoms with E-state index in [9.17, 15) is 19.2 Å². The van der Waals surface area contributed by atoms with E-state index in [1.807, 2.05) is 13.8 Å². The highest BCUT2D eigenvalue weighted by molar-refractivity contribution is 6.72. The Morgan fingerprint density at radius 1 is 0.926 bits per heavy atom. The SMILES string of the molecule is CCOC(=O)C(CCC(C)(C)[Si](C)(C)O)(COCOC(C)=O)C(=O)OCC. The molecule has 0 rings (SSSR count). The van der Waals surface area contributed by atoms with Crippen molar-refractivity contribution < 1.29 is 38.1 Å². The van der Waals surface area contributed by atoms with Crippen molar-refractivity contribution in [3.8, 4) is 0 Å². The fourth-order valence-electron chi connectivity index (χ4n) is 2.19. The molecule has 0 amide bonds. The molecule has 0 atom stereocenters. The van der Waals surface area contributed by atoms with Crippen molar-refractivity contribution in [2.24, 2.45) is 5.41 Å². The van der Waals surface area contributed by atoms with Crippen LogP contribution in [0.1, 0.15) is 47.5 Å². The molecule has 0 saturated carbocycles. The fourth-order valence-corrected chi connectivity index (χ4v) is 2.93. The summed E-state index contributed by atoms with van der Waals surface area (Å²) in [6.07, 6.45) is 0.464. The van der Waals surface area contributed by atoms with Crippen molar-refractivity contribution in [2.45, 2.75) is 65.6 Å². The van der Waals surface area contributed by atoms with Gasteiger partial charge in [0.05, 0.1) is 19.8 Å². The van der Waals surface area contributed by atoms with Gasteiger partial charge in [-0.3, -0.25) is 14.4 Å². The van der Waals surface area contributed by atoms with E-state index in [4.69, 9.17) is 18.9 Å². The molecule has 0 saturated heterocycles. The molecule has 0 heterocycles. The van der Waals surface area contributed by atoms with Crippen LogP contribution in [0.2, 0.25) is 18.1 Å². The minimum absolute atomic E-state index is 0.0781. The van der Waals surface area contributed by atoms with E-state index in [2.05, 4.69) is 0 Å². The highest BCUT2D eigenvalue weighted by Gasteiger charge is 2.51. The van der Waals surface area contributed by atoms with Crippen molar-refractivity contribution in [3.63, 3.8) is 0 Å². The third-order valence-electron chi connectivity index (χ3n) is 4.86. The summed E-state index contributed by atoms with van der Waals surface area (Å²) >= 11 is 0. The molecule has 0 aromatic rings. The van der Waals surface area contributed by atoms with Crippen LogP contribution < -0.4 is 0 Å². The first-order valence-electron chi connectivity index (χ1n) is 9.12. The standard InChI is InChI=1S/C18H34O8Si/c1-8-24-15(20)18(16(21)25-9-2,12-23-13-26-14(3)19)11-10-17(4,5)27(6,7)22/h22H,8-13H2,1-7H3. The molecule has 0 aromatic heterocycles. The topological polar surface area (TPSA) is 108 Å². The molecule has 1 N–H and O–H groups in total. The van der Waals surface area contributed by atoms with Crippen LogP contribution in [-0.2, 0) is 33.3 Å². The number of carbonyl (C=O) groups is 3. The predicted molar refractivity (Wildman–Crippen MR) is 101 cm³/mol. The first-order chi connectivity index (χ1) is 12.3. The monoisotopic (exact) mass is 406 g/mol. The summed E-state index contributed by atoms with van der Waals surface area (Å²) in [4.78, 5) is 46.8. The summed E-state index contributed by atoms with van der Waals surface area (Å²) in [6, 6.07) is 0. The molecular weight excluding hydrogens is 372 g/mol. The second kappa shape index (κ2) is 10.8. The third kappa shape index (κ3) is 7.59. The summed E-state index contributed by atoms with van der Waals surface area (Å²) in [5.74, 6) is -2.04. The lowest BCUT2D eigenvalue weighted by Crippen LogP contribution is -2.48. The Bertz CT molecular complexity index is 492. The lowest BCUT2D eigenvalue weighted by atomic mass is 9.81. The number of ether oxygens (including phenoxy) is 4. The Morgan fingerprint density at radius 3 is 1.78 bits per heavy atom. The van der Waals surface area contributed by atoms with Gasteiger partial charge in [0.15, 0.2) is 20.5 Å². The first-order valence-corrected chi connectivity index (χ1v) is 12.1. The van der Waals surface area contributed by atoms with E-state index in [-0.39, 0.29) is 33.0 Å². The third-order valence-corrected chi connectivity index (χ3v) is 8.42. The second-order valence-corrected chi connectivity index (χ2v) is 12.0. The van der Waals surface area contributed by atoms with E-state index < -0.39 is 36.7 Å². The Balaban J connectivity index is 5.64. The molecule has 0 aliphatic rings. The van der Waals surface area contributed by atoms with E-state index in [1.165, 1.54) is 6.92 Å². The van der Waals surface area contributed by atoms with Crippen LogP contribution in [-0.4, -0.2) is 57.6 Å². The smallest absolute Gasteiger partial charge is 0.325 e. The maximum Gasteiger partial charge on any atom is 0.325 e. The van der Waals surface area contributed by atoms with Crippen LogP contribution in [0.4, 0.5) is 0 Å². The van der Waals surface area contributed by atoms with Gasteiger partial charge < -0.3 is 23.7 Å². The zero-order chi connectivity index (χ0) is 21.3. The lowest BCUT2D eigenvalue weighted by molar-refractivity contribution is -0.182. The van der Waals surface area contributed by atoms with E-state index in [1.54, 1.807) is 26.9 Å². The van der Waals surface area contributed by atoms with Gasteiger partial charge in [-0.1, -0.05) is 13.8 Å². The molecule has 0 unspecified atom stereocenters. The fraction of sp³-hybridized carbons (Fsp3) is 0.833. The number of hydrogen-bond acceptors (Lipinski definition) is 8. The summed E-state index contributed by atoms with van der Waals surface area (Å²) in [6.45, 7) is 11.4. The van der Waals surface area contributed by atoms with Crippen LogP contribution >= 0.6 is 0 Å². The minimum atomic E-state index is -2.56. The highest BCUT2D eigenvalue weighted by atomic mass is 28.4. The quantitative estimate of drug-likeness (QED) is 0.131. The van der Waals surface area contributed by atoms with E-state index >= 15 is 0 Å². The van der Waals surface area contributed by atoms with Gasteiger partial charge in [0.2, 0.25) is 0 Å². The first kappa shape index (κ1) is 25.5. The van der Waals surface area contributed by atoms with Gasteiger partial charge in [0, 0.05) is 6.92 Å². The maximum atomic E-state index is 12.7. The van der Waals surface area contributed by atoms with Crippen LogP contribution in [0.25, 0.3) is 0 Å². The Kier molecular flexibility index (Phi) is 10.2. The normalized spacial score (nSPS) is 12.4. The molecule has 27 heavy (non-hydrogen) atoms. The molecule has 0 aliphatic heterocycles. The largest absolute Gasteiger partial charge is 0.465 e. The van der Waals surface area contributed by atoms with Gasteiger partial charge in [0.1, 0.15) is 0 Å². The van der Waals surface area contributed by atoms with Crippen LogP contribution in [0.3, 0.4) is 0 Å². The summed E-state index contributed by atoms with van der Waals surface area (Å²) in [7, 11) is -2.56. The van der Waals surface area contributed by atoms with E-state index in [0.29, 0.717) is 6.42 Å². The van der Waals surface area contributed by atoms with Crippen molar-refractivity contribution in [2.75, 3.05) is 26.6 Å². The molecule has 9 heteroatoms. The van der Waals surface area contributed by atoms with Gasteiger partial charge in [-0.05, 0) is 44.8 Å². The van der Waals surface area contributed by atoms with Crippen LogP contribution in [0, 0.1) is 5.41 Å². The molecule has 0 fully saturated rings. The molecule has 0 bridgehead atoms. The van der Waals surface area contributed by atoms with Crippen molar-refractivity contribution >= 4 is 26.2 Å². The minimum Gasteiger partial charge on any atom is -0.465 e. The Hall–Kier alpha value is -1.45. The van der Waals surface area contributed by atoms with Crippen molar-refractivity contribution in [1.82, 2.24) is 0 Å². The molecular formula is C18H34O8Si. The molecule has 0 aliphatic carbocycles. The number of esters is 3. The zero-order valence-electron chi connectivity index (χ0n) is 17.5.